The quantitative estimate of drug-likeness (QED) is 0.308. The van der Waals surface area contributed by atoms with Gasteiger partial charge in [-0.15, -0.1) is 5.10 Å². The number of carbonyl (C=O) groups is 1. The Morgan fingerprint density at radius 1 is 1.19 bits per heavy atom. The molecule has 0 radical (unpaired) electrons. The molecule has 1 amide bonds. The van der Waals surface area contributed by atoms with E-state index in [1.165, 1.54) is 19.3 Å². The smallest absolute Gasteiger partial charge is 0.276 e. The Labute approximate surface area is 224 Å². The van der Waals surface area contributed by atoms with Crippen molar-refractivity contribution in [2.45, 2.75) is 45.7 Å². The Balaban J connectivity index is 1.76. The summed E-state index contributed by atoms with van der Waals surface area (Å²) in [5.41, 5.74) is 1.32. The molecule has 0 aromatic heterocycles. The maximum Gasteiger partial charge on any atom is 0.276 e. The molecule has 0 fully saturated rings. The number of amides is 1. The second-order valence-electron chi connectivity index (χ2n) is 8.34. The zero-order chi connectivity index (χ0) is 25.5. The second kappa shape index (κ2) is 12.5. The van der Waals surface area contributed by atoms with E-state index >= 15 is 0 Å². The van der Waals surface area contributed by atoms with Crippen LogP contribution in [0.1, 0.15) is 51.3 Å². The van der Waals surface area contributed by atoms with E-state index in [2.05, 4.69) is 34.7 Å². The highest BCUT2D eigenvalue weighted by atomic mass is 79.9. The van der Waals surface area contributed by atoms with Crippen LogP contribution in [0.5, 0.6) is 11.5 Å². The summed E-state index contributed by atoms with van der Waals surface area (Å²) in [6.07, 6.45) is 5.80. The topological polar surface area (TPSA) is 75.5 Å². The molecule has 0 saturated heterocycles. The van der Waals surface area contributed by atoms with Crippen molar-refractivity contribution in [3.05, 3.63) is 69.7 Å². The van der Waals surface area contributed by atoms with Gasteiger partial charge in [-0.3, -0.25) is 15.1 Å². The molecule has 190 valence electrons. The van der Waals surface area contributed by atoms with Crippen molar-refractivity contribution in [1.82, 2.24) is 10.3 Å². The molecule has 4 rings (SSSR count). The lowest BCUT2D eigenvalue weighted by Gasteiger charge is -2.34. The number of carbonyl (C=O) groups excluding carboxylic acids is 1. The van der Waals surface area contributed by atoms with Gasteiger partial charge in [0.1, 0.15) is 12.3 Å². The first-order valence-electron chi connectivity index (χ1n) is 12.3. The van der Waals surface area contributed by atoms with Gasteiger partial charge in [0.2, 0.25) is 0 Å². The molecule has 0 saturated carbocycles. The number of nitrogens with zero attached hydrogens (tertiary/aromatic N) is 3. The minimum Gasteiger partial charge on any atom is -0.490 e. The third-order valence-corrected chi connectivity index (χ3v) is 7.27. The number of benzene rings is 2. The Kier molecular flexibility index (Phi) is 9.09. The number of thioether (sulfide) groups is 1. The van der Waals surface area contributed by atoms with Gasteiger partial charge in [-0.25, -0.2) is 5.01 Å². The average molecular weight is 572 g/mol. The fourth-order valence-electron chi connectivity index (χ4n) is 4.09. The summed E-state index contributed by atoms with van der Waals surface area (Å²) in [7, 11) is 0. The summed E-state index contributed by atoms with van der Waals surface area (Å²) in [4.78, 5) is 18.3. The molecule has 1 atom stereocenters. The van der Waals surface area contributed by atoms with Crippen LogP contribution >= 0.6 is 27.7 Å². The number of rotatable bonds is 11. The summed E-state index contributed by atoms with van der Waals surface area (Å²) in [6, 6.07) is 11.5. The molecule has 0 unspecified atom stereocenters. The van der Waals surface area contributed by atoms with E-state index in [1.807, 2.05) is 43.3 Å². The fourth-order valence-corrected chi connectivity index (χ4v) is 5.52. The lowest BCUT2D eigenvalue weighted by atomic mass is 10.1. The number of para-hydroxylation sites is 1. The maximum absolute atomic E-state index is 13.3. The lowest BCUT2D eigenvalue weighted by Crippen LogP contribution is -2.50. The van der Waals surface area contributed by atoms with Gasteiger partial charge in [0.25, 0.3) is 5.91 Å². The zero-order valence-corrected chi connectivity index (χ0v) is 23.0. The first-order valence-corrected chi connectivity index (χ1v) is 14.0. The number of fused-ring (bicyclic) bond motifs is 2. The average Bonchev–Trinajstić information content (AvgIpc) is 2.87. The molecule has 2 aromatic carbocycles. The molecule has 2 aliphatic rings. The molecular weight excluding hydrogens is 540 g/mol. The molecule has 1 N–H and O–H groups in total. The number of hydrogen-bond acceptors (Lipinski definition) is 7. The van der Waals surface area contributed by atoms with Crippen LogP contribution in [0.3, 0.4) is 0 Å². The van der Waals surface area contributed by atoms with E-state index in [-0.39, 0.29) is 5.91 Å². The monoisotopic (exact) mass is 570 g/mol. The van der Waals surface area contributed by atoms with Crippen LogP contribution in [0.2, 0.25) is 0 Å². The molecule has 2 heterocycles. The molecule has 0 bridgehead atoms. The summed E-state index contributed by atoms with van der Waals surface area (Å²) in [5.74, 6) is 1.92. The van der Waals surface area contributed by atoms with Gasteiger partial charge in [-0.1, -0.05) is 68.8 Å². The van der Waals surface area contributed by atoms with Crippen molar-refractivity contribution in [2.24, 2.45) is 10.1 Å². The molecule has 9 heteroatoms. The van der Waals surface area contributed by atoms with Gasteiger partial charge in [-0.05, 0) is 47.5 Å². The number of unbranched alkanes of at least 4 members (excludes halogenated alkanes) is 3. The van der Waals surface area contributed by atoms with Gasteiger partial charge in [0.15, 0.2) is 22.8 Å². The predicted octanol–water partition coefficient (Wildman–Crippen LogP) is 4.87. The number of ether oxygens (including phenoxy) is 2. The van der Waals surface area contributed by atoms with Crippen molar-refractivity contribution in [3.8, 4) is 11.5 Å². The third kappa shape index (κ3) is 5.78. The fraction of sp³-hybridized carbons (Fsp3) is 0.370. The van der Waals surface area contributed by atoms with Gasteiger partial charge < -0.3 is 9.47 Å². The number of amidine groups is 1. The van der Waals surface area contributed by atoms with Crippen LogP contribution in [-0.2, 0) is 4.79 Å². The highest BCUT2D eigenvalue weighted by Crippen LogP contribution is 2.41. The normalized spacial score (nSPS) is 16.4. The van der Waals surface area contributed by atoms with Crippen LogP contribution < -0.4 is 25.4 Å². The van der Waals surface area contributed by atoms with Crippen LogP contribution in [0.4, 0.5) is 0 Å². The van der Waals surface area contributed by atoms with Crippen molar-refractivity contribution >= 4 is 44.5 Å². The molecule has 2 aromatic rings. The Bertz CT molecular complexity index is 1280. The van der Waals surface area contributed by atoms with Gasteiger partial charge in [-0.2, -0.15) is 0 Å². The standard InChI is InChI=1S/C27H31BrN4O3S/c1-4-7-8-11-15-36-27-30-26(33)23-19-12-9-10-13-21(19)29-25(32(23)31-27)18-16-20(28)24(35-14-5-2)22(17-18)34-6-3/h5,9-10,12-13,16-17,25H,2,4,6-8,11,14-15H2,1,3H3,(H,30,31,33)/t25-/m1/s1. The second-order valence-corrected chi connectivity index (χ2v) is 10.3. The number of nitrogens with one attached hydrogen (secondary N) is 1. The molecule has 0 spiro atoms. The first kappa shape index (κ1) is 26.3. The molecule has 0 aliphatic carbocycles. The first-order chi connectivity index (χ1) is 17.6. The predicted molar refractivity (Wildman–Crippen MR) is 148 cm³/mol. The van der Waals surface area contributed by atoms with E-state index in [1.54, 1.807) is 22.8 Å². The van der Waals surface area contributed by atoms with Gasteiger partial charge in [0, 0.05) is 16.5 Å². The van der Waals surface area contributed by atoms with Crippen molar-refractivity contribution in [2.75, 3.05) is 19.0 Å². The molecular formula is C27H31BrN4O3S. The summed E-state index contributed by atoms with van der Waals surface area (Å²) in [5, 5.41) is 11.7. The zero-order valence-electron chi connectivity index (χ0n) is 20.6. The largest absolute Gasteiger partial charge is 0.490 e. The Morgan fingerprint density at radius 2 is 2.03 bits per heavy atom. The molecule has 7 nitrogen and oxygen atoms in total. The highest BCUT2D eigenvalue weighted by Gasteiger charge is 2.35. The van der Waals surface area contributed by atoms with Crippen LogP contribution in [0, 0.1) is 0 Å². The summed E-state index contributed by atoms with van der Waals surface area (Å²) in [6.45, 7) is 8.68. The SMILES string of the molecule is C=CCOc1c(Br)cc([C@@H]2N=c3ccccc3=C3C(=O)NC(SCCCCCC)=NN32)cc1OCC. The van der Waals surface area contributed by atoms with Crippen molar-refractivity contribution in [1.29, 1.82) is 0 Å². The summed E-state index contributed by atoms with van der Waals surface area (Å²) < 4.78 is 12.5. The van der Waals surface area contributed by atoms with E-state index in [0.717, 1.165) is 32.8 Å². The number of halogens is 1. The lowest BCUT2D eigenvalue weighted by molar-refractivity contribution is -0.116. The Morgan fingerprint density at radius 3 is 2.81 bits per heavy atom. The van der Waals surface area contributed by atoms with E-state index in [9.17, 15) is 4.79 Å². The van der Waals surface area contributed by atoms with E-state index in [4.69, 9.17) is 19.6 Å². The van der Waals surface area contributed by atoms with Crippen molar-refractivity contribution < 1.29 is 14.3 Å². The minimum absolute atomic E-state index is 0.177. The van der Waals surface area contributed by atoms with Gasteiger partial charge >= 0.3 is 0 Å². The minimum atomic E-state index is -0.541. The van der Waals surface area contributed by atoms with E-state index < -0.39 is 6.17 Å². The Hall–Kier alpha value is -2.78. The third-order valence-electron chi connectivity index (χ3n) is 5.73. The maximum atomic E-state index is 13.3. The highest BCUT2D eigenvalue weighted by molar-refractivity contribution is 9.10. The van der Waals surface area contributed by atoms with Crippen LogP contribution in [0.25, 0.3) is 5.70 Å². The summed E-state index contributed by atoms with van der Waals surface area (Å²) >= 11 is 5.21. The van der Waals surface area contributed by atoms with Crippen LogP contribution in [-0.4, -0.2) is 35.1 Å². The number of hydrogen-bond donors (Lipinski definition) is 1. The van der Waals surface area contributed by atoms with Gasteiger partial charge in [0.05, 0.1) is 16.4 Å². The van der Waals surface area contributed by atoms with E-state index in [0.29, 0.717) is 35.6 Å². The van der Waals surface area contributed by atoms with Crippen LogP contribution in [0.15, 0.2) is 63.6 Å². The molecule has 36 heavy (non-hydrogen) atoms. The molecule has 2 aliphatic heterocycles. The number of hydrazone groups is 1. The van der Waals surface area contributed by atoms with Crippen molar-refractivity contribution in [3.63, 3.8) is 0 Å².